The van der Waals surface area contributed by atoms with E-state index in [-0.39, 0.29) is 11.9 Å². The number of hydrogen-bond acceptors (Lipinski definition) is 3. The number of carbonyl (C=O) groups excluding carboxylic acids is 1. The summed E-state index contributed by atoms with van der Waals surface area (Å²) >= 11 is 0. The van der Waals surface area contributed by atoms with E-state index in [9.17, 15) is 4.79 Å². The molecule has 22 heavy (non-hydrogen) atoms. The Hall–Kier alpha value is -2.30. The molecule has 0 radical (unpaired) electrons. The van der Waals surface area contributed by atoms with Gasteiger partial charge in [-0.2, -0.15) is 5.10 Å². The fourth-order valence-electron chi connectivity index (χ4n) is 2.85. The van der Waals surface area contributed by atoms with Crippen LogP contribution in [0.2, 0.25) is 0 Å². The van der Waals surface area contributed by atoms with Crippen LogP contribution in [0.25, 0.3) is 0 Å². The molecule has 1 saturated heterocycles. The molecule has 1 fully saturated rings. The number of carbonyl (C=O) groups is 1. The molecule has 3 rings (SSSR count). The molecule has 0 aliphatic carbocycles. The third-order valence-electron chi connectivity index (χ3n) is 4.04. The van der Waals surface area contributed by atoms with Gasteiger partial charge in [-0.25, -0.2) is 0 Å². The van der Waals surface area contributed by atoms with Crippen molar-refractivity contribution in [2.45, 2.75) is 38.9 Å². The van der Waals surface area contributed by atoms with Gasteiger partial charge in [0.15, 0.2) is 0 Å². The second-order valence-electron chi connectivity index (χ2n) is 5.67. The standard InChI is InChI=1S/C17H22N4O/c1-2-21-13-15(11-18-21)19-16-9-6-10-20(17(16)22)12-14-7-4-3-5-8-14/h3-5,7-8,11,13,16,19H,2,6,9-10,12H2,1H3/t16-/m1/s1. The van der Waals surface area contributed by atoms with Gasteiger partial charge in [0.1, 0.15) is 6.04 Å². The molecule has 0 bridgehead atoms. The Kier molecular flexibility index (Phi) is 4.42. The molecule has 0 saturated carbocycles. The smallest absolute Gasteiger partial charge is 0.245 e. The van der Waals surface area contributed by atoms with E-state index in [2.05, 4.69) is 22.5 Å². The van der Waals surface area contributed by atoms with Gasteiger partial charge in [0, 0.05) is 25.8 Å². The summed E-state index contributed by atoms with van der Waals surface area (Å²) in [6.07, 6.45) is 5.63. The van der Waals surface area contributed by atoms with Crippen molar-refractivity contribution >= 4 is 11.6 Å². The summed E-state index contributed by atoms with van der Waals surface area (Å²) in [5.41, 5.74) is 2.09. The fourth-order valence-corrected chi connectivity index (χ4v) is 2.85. The first-order valence-corrected chi connectivity index (χ1v) is 7.88. The molecule has 0 spiro atoms. The number of piperidine rings is 1. The fraction of sp³-hybridized carbons (Fsp3) is 0.412. The lowest BCUT2D eigenvalue weighted by molar-refractivity contribution is -0.134. The van der Waals surface area contributed by atoms with E-state index < -0.39 is 0 Å². The first kappa shape index (κ1) is 14.6. The minimum Gasteiger partial charge on any atom is -0.371 e. The molecule has 2 heterocycles. The van der Waals surface area contributed by atoms with E-state index in [0.717, 1.165) is 31.6 Å². The monoisotopic (exact) mass is 298 g/mol. The van der Waals surface area contributed by atoms with Crippen molar-refractivity contribution in [3.63, 3.8) is 0 Å². The van der Waals surface area contributed by atoms with Gasteiger partial charge in [-0.05, 0) is 25.3 Å². The summed E-state index contributed by atoms with van der Waals surface area (Å²) in [6, 6.07) is 10.0. The number of aromatic nitrogens is 2. The van der Waals surface area contributed by atoms with E-state index in [4.69, 9.17) is 0 Å². The van der Waals surface area contributed by atoms with Gasteiger partial charge >= 0.3 is 0 Å². The predicted molar refractivity (Wildman–Crippen MR) is 86.4 cm³/mol. The van der Waals surface area contributed by atoms with Crippen LogP contribution in [-0.2, 0) is 17.9 Å². The van der Waals surface area contributed by atoms with Crippen molar-refractivity contribution in [1.82, 2.24) is 14.7 Å². The van der Waals surface area contributed by atoms with Crippen molar-refractivity contribution in [3.05, 3.63) is 48.3 Å². The van der Waals surface area contributed by atoms with Gasteiger partial charge in [0.2, 0.25) is 5.91 Å². The Morgan fingerprint density at radius 2 is 2.14 bits per heavy atom. The first-order valence-electron chi connectivity index (χ1n) is 7.88. The van der Waals surface area contributed by atoms with Crippen LogP contribution in [0.15, 0.2) is 42.7 Å². The summed E-state index contributed by atoms with van der Waals surface area (Å²) in [5.74, 6) is 0.180. The maximum Gasteiger partial charge on any atom is 0.245 e. The van der Waals surface area contributed by atoms with Gasteiger partial charge in [0.25, 0.3) is 0 Å². The van der Waals surface area contributed by atoms with Crippen molar-refractivity contribution in [3.8, 4) is 0 Å². The first-order chi connectivity index (χ1) is 10.8. The van der Waals surface area contributed by atoms with Gasteiger partial charge in [-0.3, -0.25) is 9.48 Å². The van der Waals surface area contributed by atoms with Crippen molar-refractivity contribution in [2.24, 2.45) is 0 Å². The Morgan fingerprint density at radius 3 is 2.86 bits per heavy atom. The number of amides is 1. The predicted octanol–water partition coefficient (Wildman–Crippen LogP) is 2.51. The zero-order valence-corrected chi connectivity index (χ0v) is 12.9. The number of likely N-dealkylation sites (tertiary alicyclic amines) is 1. The third kappa shape index (κ3) is 3.30. The molecular weight excluding hydrogens is 276 g/mol. The maximum absolute atomic E-state index is 12.6. The Labute approximate surface area is 130 Å². The quantitative estimate of drug-likeness (QED) is 0.922. The Bertz CT molecular complexity index is 623. The van der Waals surface area contributed by atoms with Crippen LogP contribution in [0.3, 0.4) is 0 Å². The highest BCUT2D eigenvalue weighted by molar-refractivity contribution is 5.85. The van der Waals surface area contributed by atoms with Crippen molar-refractivity contribution < 1.29 is 4.79 Å². The second-order valence-corrected chi connectivity index (χ2v) is 5.67. The summed E-state index contributed by atoms with van der Waals surface area (Å²) in [5, 5.41) is 7.57. The highest BCUT2D eigenvalue weighted by Gasteiger charge is 2.28. The molecule has 1 atom stereocenters. The molecule has 2 aromatic rings. The molecule has 5 heteroatoms. The van der Waals surface area contributed by atoms with Crippen LogP contribution >= 0.6 is 0 Å². The number of hydrogen-bond donors (Lipinski definition) is 1. The van der Waals surface area contributed by atoms with Gasteiger partial charge < -0.3 is 10.2 Å². The van der Waals surface area contributed by atoms with Crippen LogP contribution in [0.5, 0.6) is 0 Å². The molecule has 116 valence electrons. The summed E-state index contributed by atoms with van der Waals surface area (Å²) in [7, 11) is 0. The van der Waals surface area contributed by atoms with Crippen LogP contribution in [-0.4, -0.2) is 33.2 Å². The van der Waals surface area contributed by atoms with E-state index in [1.54, 1.807) is 6.20 Å². The minimum atomic E-state index is -0.146. The molecule has 5 nitrogen and oxygen atoms in total. The Morgan fingerprint density at radius 1 is 1.32 bits per heavy atom. The van der Waals surface area contributed by atoms with E-state index in [1.165, 1.54) is 5.56 Å². The van der Waals surface area contributed by atoms with E-state index in [0.29, 0.717) is 6.54 Å². The van der Waals surface area contributed by atoms with Gasteiger partial charge in [-0.1, -0.05) is 30.3 Å². The molecule has 1 N–H and O–H groups in total. The van der Waals surface area contributed by atoms with Gasteiger partial charge in [0.05, 0.1) is 11.9 Å². The summed E-state index contributed by atoms with van der Waals surface area (Å²) in [6.45, 7) is 4.40. The molecule has 1 aromatic heterocycles. The van der Waals surface area contributed by atoms with Crippen LogP contribution in [0, 0.1) is 0 Å². The van der Waals surface area contributed by atoms with E-state index >= 15 is 0 Å². The van der Waals surface area contributed by atoms with Crippen LogP contribution in [0.4, 0.5) is 5.69 Å². The lowest BCUT2D eigenvalue weighted by atomic mass is 10.0. The topological polar surface area (TPSA) is 50.2 Å². The average Bonchev–Trinajstić information content (AvgIpc) is 3.00. The van der Waals surface area contributed by atoms with E-state index in [1.807, 2.05) is 40.9 Å². The molecule has 1 aromatic carbocycles. The van der Waals surface area contributed by atoms with Gasteiger partial charge in [-0.15, -0.1) is 0 Å². The second kappa shape index (κ2) is 6.64. The number of nitrogens with one attached hydrogen (secondary N) is 1. The Balaban J connectivity index is 1.64. The van der Waals surface area contributed by atoms with Crippen molar-refractivity contribution in [1.29, 1.82) is 0 Å². The normalized spacial score (nSPS) is 18.5. The number of nitrogens with zero attached hydrogens (tertiary/aromatic N) is 3. The zero-order chi connectivity index (χ0) is 15.4. The zero-order valence-electron chi connectivity index (χ0n) is 12.9. The maximum atomic E-state index is 12.6. The number of anilines is 1. The molecule has 1 aliphatic rings. The lowest BCUT2D eigenvalue weighted by Crippen LogP contribution is -2.47. The SMILES string of the molecule is CCn1cc(N[C@@H]2CCCN(Cc3ccccc3)C2=O)cn1. The van der Waals surface area contributed by atoms with Crippen LogP contribution < -0.4 is 5.32 Å². The highest BCUT2D eigenvalue weighted by Crippen LogP contribution is 2.19. The lowest BCUT2D eigenvalue weighted by Gasteiger charge is -2.33. The summed E-state index contributed by atoms with van der Waals surface area (Å²) in [4.78, 5) is 14.6. The van der Waals surface area contributed by atoms with Crippen molar-refractivity contribution in [2.75, 3.05) is 11.9 Å². The summed E-state index contributed by atoms with van der Waals surface area (Å²) < 4.78 is 1.86. The van der Waals surface area contributed by atoms with Crippen LogP contribution in [0.1, 0.15) is 25.3 Å². The minimum absolute atomic E-state index is 0.146. The molecule has 1 amide bonds. The number of rotatable bonds is 5. The number of benzene rings is 1. The molecular formula is C17H22N4O. The number of aryl methyl sites for hydroxylation is 1. The highest BCUT2D eigenvalue weighted by atomic mass is 16.2. The third-order valence-corrected chi connectivity index (χ3v) is 4.04. The molecule has 0 unspecified atom stereocenters. The average molecular weight is 298 g/mol. The largest absolute Gasteiger partial charge is 0.371 e. The molecule has 1 aliphatic heterocycles.